The molecule has 122 valence electrons. The van der Waals surface area contributed by atoms with Gasteiger partial charge in [0.25, 0.3) is 5.91 Å². The molecule has 0 aromatic heterocycles. The molecule has 0 unspecified atom stereocenters. The number of carbonyl (C=O) groups excluding carboxylic acids is 2. The van der Waals surface area contributed by atoms with Crippen molar-refractivity contribution in [3.8, 4) is 0 Å². The summed E-state index contributed by atoms with van der Waals surface area (Å²) in [5.41, 5.74) is 1.05. The molecule has 0 spiro atoms. The topological polar surface area (TPSA) is 73.5 Å². The highest BCUT2D eigenvalue weighted by atomic mass is 35.5. The van der Waals surface area contributed by atoms with Crippen LogP contribution < -0.4 is 20.9 Å². The van der Waals surface area contributed by atoms with E-state index in [4.69, 9.17) is 11.6 Å². The SMILES string of the molecule is CCNCCNC(=O)c1ccc(Cl)c(N2CCNC2=O)c1.Cl. The van der Waals surface area contributed by atoms with Crippen LogP contribution in [0.1, 0.15) is 17.3 Å². The van der Waals surface area contributed by atoms with Crippen molar-refractivity contribution >= 4 is 41.6 Å². The molecule has 1 fully saturated rings. The summed E-state index contributed by atoms with van der Waals surface area (Å²) in [5.74, 6) is -0.176. The Morgan fingerprint density at radius 3 is 2.82 bits per heavy atom. The Hall–Kier alpha value is -1.50. The van der Waals surface area contributed by atoms with Crippen LogP contribution in [-0.4, -0.2) is 44.7 Å². The molecule has 1 saturated heterocycles. The number of nitrogens with zero attached hydrogens (tertiary/aromatic N) is 1. The number of rotatable bonds is 6. The van der Waals surface area contributed by atoms with Gasteiger partial charge in [0.05, 0.1) is 10.7 Å². The Balaban J connectivity index is 0.00000242. The van der Waals surface area contributed by atoms with Crippen LogP contribution in [0.3, 0.4) is 0 Å². The van der Waals surface area contributed by atoms with Crippen molar-refractivity contribution in [2.45, 2.75) is 6.92 Å². The monoisotopic (exact) mass is 346 g/mol. The Bertz CT molecular complexity index is 540. The second kappa shape index (κ2) is 8.82. The van der Waals surface area contributed by atoms with Gasteiger partial charge in [-0.05, 0) is 24.7 Å². The van der Waals surface area contributed by atoms with Gasteiger partial charge < -0.3 is 16.0 Å². The predicted octanol–water partition coefficient (Wildman–Crippen LogP) is 1.63. The fourth-order valence-corrected chi connectivity index (χ4v) is 2.33. The number of benzene rings is 1. The van der Waals surface area contributed by atoms with E-state index in [0.717, 1.165) is 13.1 Å². The lowest BCUT2D eigenvalue weighted by Gasteiger charge is -2.17. The van der Waals surface area contributed by atoms with Crippen molar-refractivity contribution in [3.05, 3.63) is 28.8 Å². The van der Waals surface area contributed by atoms with Crippen LogP contribution in [0.15, 0.2) is 18.2 Å². The number of urea groups is 1. The van der Waals surface area contributed by atoms with Gasteiger partial charge in [0.15, 0.2) is 0 Å². The summed E-state index contributed by atoms with van der Waals surface area (Å²) < 4.78 is 0. The molecule has 22 heavy (non-hydrogen) atoms. The van der Waals surface area contributed by atoms with Crippen LogP contribution in [0.25, 0.3) is 0 Å². The summed E-state index contributed by atoms with van der Waals surface area (Å²) in [5, 5.41) is 9.11. The molecule has 0 bridgehead atoms. The van der Waals surface area contributed by atoms with Crippen molar-refractivity contribution in [2.75, 3.05) is 37.6 Å². The van der Waals surface area contributed by atoms with Gasteiger partial charge in [0, 0.05) is 31.7 Å². The third-order valence-electron chi connectivity index (χ3n) is 3.19. The van der Waals surface area contributed by atoms with Gasteiger partial charge in [-0.25, -0.2) is 4.79 Å². The van der Waals surface area contributed by atoms with E-state index in [0.29, 0.717) is 35.9 Å². The molecule has 0 aliphatic carbocycles. The van der Waals surface area contributed by atoms with Crippen LogP contribution in [0, 0.1) is 0 Å². The maximum absolute atomic E-state index is 12.1. The van der Waals surface area contributed by atoms with E-state index in [9.17, 15) is 9.59 Å². The Morgan fingerprint density at radius 2 is 2.18 bits per heavy atom. The molecule has 1 aromatic carbocycles. The lowest BCUT2D eigenvalue weighted by atomic mass is 10.1. The zero-order valence-corrected chi connectivity index (χ0v) is 13.9. The molecule has 0 saturated carbocycles. The summed E-state index contributed by atoms with van der Waals surface area (Å²) in [6.45, 7) is 5.27. The number of hydrogen-bond acceptors (Lipinski definition) is 3. The first kappa shape index (κ1) is 18.5. The molecule has 1 aliphatic heterocycles. The molecule has 1 aliphatic rings. The number of nitrogens with one attached hydrogen (secondary N) is 3. The second-order valence-electron chi connectivity index (χ2n) is 4.66. The fraction of sp³-hybridized carbons (Fsp3) is 0.429. The number of hydrogen-bond donors (Lipinski definition) is 3. The number of anilines is 1. The molecule has 6 nitrogen and oxygen atoms in total. The standard InChI is InChI=1S/C14H19ClN4O2.ClH/c1-2-16-5-6-17-13(20)10-3-4-11(15)12(9-10)19-8-7-18-14(19)21;/h3-4,9,16H,2,5-8H2,1H3,(H,17,20)(H,18,21);1H. The van der Waals surface area contributed by atoms with Gasteiger partial charge >= 0.3 is 6.03 Å². The highest BCUT2D eigenvalue weighted by molar-refractivity contribution is 6.34. The van der Waals surface area contributed by atoms with Crippen LogP contribution in [-0.2, 0) is 0 Å². The van der Waals surface area contributed by atoms with Gasteiger partial charge in [-0.2, -0.15) is 0 Å². The molecule has 0 atom stereocenters. The highest BCUT2D eigenvalue weighted by Gasteiger charge is 2.24. The summed E-state index contributed by atoms with van der Waals surface area (Å²) in [7, 11) is 0. The molecule has 2 rings (SSSR count). The van der Waals surface area contributed by atoms with Crippen molar-refractivity contribution < 1.29 is 9.59 Å². The molecule has 1 aromatic rings. The zero-order chi connectivity index (χ0) is 15.2. The maximum Gasteiger partial charge on any atom is 0.322 e. The highest BCUT2D eigenvalue weighted by Crippen LogP contribution is 2.28. The zero-order valence-electron chi connectivity index (χ0n) is 12.3. The summed E-state index contributed by atoms with van der Waals surface area (Å²) in [6.07, 6.45) is 0. The minimum atomic E-state index is -0.193. The van der Waals surface area contributed by atoms with E-state index < -0.39 is 0 Å². The largest absolute Gasteiger partial charge is 0.351 e. The van der Waals surface area contributed by atoms with E-state index in [-0.39, 0.29) is 24.3 Å². The Morgan fingerprint density at radius 1 is 1.41 bits per heavy atom. The number of carbonyl (C=O) groups is 2. The smallest absolute Gasteiger partial charge is 0.322 e. The third kappa shape index (κ3) is 4.50. The van der Waals surface area contributed by atoms with Crippen molar-refractivity contribution in [1.29, 1.82) is 0 Å². The summed E-state index contributed by atoms with van der Waals surface area (Å²) in [4.78, 5) is 25.3. The summed E-state index contributed by atoms with van der Waals surface area (Å²) in [6, 6.07) is 4.75. The van der Waals surface area contributed by atoms with Crippen molar-refractivity contribution in [3.63, 3.8) is 0 Å². The van der Waals surface area contributed by atoms with E-state index in [1.54, 1.807) is 18.2 Å². The van der Waals surface area contributed by atoms with Crippen molar-refractivity contribution in [2.24, 2.45) is 0 Å². The number of halogens is 2. The molecule has 8 heteroatoms. The third-order valence-corrected chi connectivity index (χ3v) is 3.51. The lowest BCUT2D eigenvalue weighted by Crippen LogP contribution is -2.32. The molecule has 3 N–H and O–H groups in total. The second-order valence-corrected chi connectivity index (χ2v) is 5.07. The molecular weight excluding hydrogens is 327 g/mol. The average molecular weight is 347 g/mol. The van der Waals surface area contributed by atoms with Crippen LogP contribution in [0.5, 0.6) is 0 Å². The molecule has 1 heterocycles. The van der Waals surface area contributed by atoms with Gasteiger partial charge in [-0.1, -0.05) is 18.5 Å². The van der Waals surface area contributed by atoms with Crippen LogP contribution in [0.2, 0.25) is 5.02 Å². The molecule has 0 radical (unpaired) electrons. The minimum absolute atomic E-state index is 0. The van der Waals surface area contributed by atoms with E-state index >= 15 is 0 Å². The van der Waals surface area contributed by atoms with Gasteiger partial charge in [0.1, 0.15) is 0 Å². The lowest BCUT2D eigenvalue weighted by molar-refractivity contribution is 0.0954. The maximum atomic E-state index is 12.1. The molecule has 3 amide bonds. The van der Waals surface area contributed by atoms with Gasteiger partial charge in [-0.3, -0.25) is 9.69 Å². The van der Waals surface area contributed by atoms with E-state index in [1.807, 2.05) is 6.92 Å². The fourth-order valence-electron chi connectivity index (χ4n) is 2.11. The first-order chi connectivity index (χ1) is 10.1. The number of amides is 3. The first-order valence-electron chi connectivity index (χ1n) is 6.97. The first-order valence-corrected chi connectivity index (χ1v) is 7.35. The van der Waals surface area contributed by atoms with Crippen LogP contribution in [0.4, 0.5) is 10.5 Å². The predicted molar refractivity (Wildman–Crippen MR) is 90.3 cm³/mol. The average Bonchev–Trinajstić information content (AvgIpc) is 2.90. The normalized spacial score (nSPS) is 13.5. The minimum Gasteiger partial charge on any atom is -0.351 e. The van der Waals surface area contributed by atoms with Crippen LogP contribution >= 0.6 is 24.0 Å². The van der Waals surface area contributed by atoms with E-state index in [1.165, 1.54) is 4.90 Å². The summed E-state index contributed by atoms with van der Waals surface area (Å²) >= 11 is 6.13. The quantitative estimate of drug-likeness (QED) is 0.685. The van der Waals surface area contributed by atoms with Gasteiger partial charge in [0.2, 0.25) is 0 Å². The Kier molecular flexibility index (Phi) is 7.44. The number of likely N-dealkylation sites (N-methyl/N-ethyl adjacent to an activating group) is 1. The van der Waals surface area contributed by atoms with Gasteiger partial charge in [-0.15, -0.1) is 12.4 Å². The Labute approximate surface area is 141 Å². The van der Waals surface area contributed by atoms with E-state index in [2.05, 4.69) is 16.0 Å². The van der Waals surface area contributed by atoms with Crippen molar-refractivity contribution in [1.82, 2.24) is 16.0 Å². The molecular formula is C14H20Cl2N4O2.